The fourth-order valence-corrected chi connectivity index (χ4v) is 4.00. The maximum atomic E-state index is 14.0. The van der Waals surface area contributed by atoms with Crippen molar-refractivity contribution in [2.75, 3.05) is 41.3 Å². The average Bonchev–Trinajstić information content (AvgIpc) is 2.97. The second kappa shape index (κ2) is 8.50. The van der Waals surface area contributed by atoms with E-state index in [0.717, 1.165) is 32.0 Å². The summed E-state index contributed by atoms with van der Waals surface area (Å²) in [5.41, 5.74) is 0.675. The Bertz CT molecular complexity index is 739. The van der Waals surface area contributed by atoms with Crippen LogP contribution < -0.4 is 15.1 Å². The maximum absolute atomic E-state index is 14.0. The molecule has 27 heavy (non-hydrogen) atoms. The van der Waals surface area contributed by atoms with Gasteiger partial charge in [-0.15, -0.1) is 5.10 Å². The Labute approximate surface area is 159 Å². The van der Waals surface area contributed by atoms with E-state index >= 15 is 0 Å². The third-order valence-corrected chi connectivity index (χ3v) is 5.53. The Morgan fingerprint density at radius 3 is 2.37 bits per heavy atom. The summed E-state index contributed by atoms with van der Waals surface area (Å²) in [6, 6.07) is 7.41. The second-order valence-corrected chi connectivity index (χ2v) is 7.40. The molecule has 0 bridgehead atoms. The van der Waals surface area contributed by atoms with Gasteiger partial charge in [0.15, 0.2) is 5.82 Å². The van der Waals surface area contributed by atoms with Crippen LogP contribution in [0.3, 0.4) is 0 Å². The molecule has 2 aliphatic rings. The molecule has 0 amide bonds. The highest BCUT2D eigenvalue weighted by molar-refractivity contribution is 5.50. The lowest BCUT2D eigenvalue weighted by molar-refractivity contribution is 0.594. The lowest BCUT2D eigenvalue weighted by Gasteiger charge is -2.36. The zero-order chi connectivity index (χ0) is 18.5. The third kappa shape index (κ3) is 4.46. The molecule has 0 radical (unpaired) electrons. The number of anilines is 3. The number of hydrogen-bond acceptors (Lipinski definition) is 6. The van der Waals surface area contributed by atoms with Gasteiger partial charge in [0.2, 0.25) is 5.95 Å². The Hall–Kier alpha value is -2.44. The van der Waals surface area contributed by atoms with Gasteiger partial charge < -0.3 is 15.1 Å². The van der Waals surface area contributed by atoms with Gasteiger partial charge in [0.25, 0.3) is 0 Å². The van der Waals surface area contributed by atoms with Gasteiger partial charge in [0.05, 0.1) is 11.9 Å². The van der Waals surface area contributed by atoms with Crippen molar-refractivity contribution in [3.63, 3.8) is 0 Å². The van der Waals surface area contributed by atoms with Gasteiger partial charge >= 0.3 is 0 Å². The molecule has 6 nitrogen and oxygen atoms in total. The van der Waals surface area contributed by atoms with E-state index in [9.17, 15) is 4.39 Å². The SMILES string of the molecule is Fc1ccccc1N1CCN(c2cnnc(NC3CCCCCC3)n2)CC1. The van der Waals surface area contributed by atoms with E-state index in [1.165, 1.54) is 44.6 Å². The zero-order valence-corrected chi connectivity index (χ0v) is 15.6. The predicted molar refractivity (Wildman–Crippen MR) is 106 cm³/mol. The summed E-state index contributed by atoms with van der Waals surface area (Å²) in [7, 11) is 0. The van der Waals surface area contributed by atoms with Crippen molar-refractivity contribution in [3.05, 3.63) is 36.3 Å². The molecule has 1 aliphatic carbocycles. The van der Waals surface area contributed by atoms with Crippen LogP contribution in [-0.2, 0) is 0 Å². The van der Waals surface area contributed by atoms with Crippen molar-refractivity contribution in [2.45, 2.75) is 44.6 Å². The quantitative estimate of drug-likeness (QED) is 0.832. The molecule has 1 N–H and O–H groups in total. The smallest absolute Gasteiger partial charge is 0.244 e. The molecule has 144 valence electrons. The van der Waals surface area contributed by atoms with Gasteiger partial charge in [0.1, 0.15) is 5.82 Å². The first kappa shape index (κ1) is 17.9. The highest BCUT2D eigenvalue weighted by atomic mass is 19.1. The standard InChI is InChI=1S/C20H27FN6/c21-17-9-5-6-10-18(17)26-11-13-27(14-12-26)19-15-22-25-20(24-19)23-16-7-3-1-2-4-8-16/h5-6,9-10,15-16H,1-4,7-8,11-14H2,(H,23,24,25). The number of para-hydroxylation sites is 1. The average molecular weight is 370 g/mol. The van der Waals surface area contributed by atoms with Gasteiger partial charge in [-0.3, -0.25) is 0 Å². The van der Waals surface area contributed by atoms with Crippen LogP contribution in [0, 0.1) is 5.82 Å². The molecule has 1 aromatic heterocycles. The first-order valence-electron chi connectivity index (χ1n) is 10.0. The number of nitrogens with one attached hydrogen (secondary N) is 1. The molecule has 0 unspecified atom stereocenters. The van der Waals surface area contributed by atoms with Crippen molar-refractivity contribution >= 4 is 17.5 Å². The number of piperazine rings is 1. The van der Waals surface area contributed by atoms with Crippen molar-refractivity contribution in [3.8, 4) is 0 Å². The number of benzene rings is 1. The van der Waals surface area contributed by atoms with Crippen LogP contribution in [0.5, 0.6) is 0 Å². The number of nitrogens with zero attached hydrogens (tertiary/aromatic N) is 5. The van der Waals surface area contributed by atoms with Crippen LogP contribution in [0.4, 0.5) is 21.8 Å². The maximum Gasteiger partial charge on any atom is 0.244 e. The van der Waals surface area contributed by atoms with Crippen LogP contribution in [0.25, 0.3) is 0 Å². The Balaban J connectivity index is 1.37. The largest absolute Gasteiger partial charge is 0.366 e. The second-order valence-electron chi connectivity index (χ2n) is 7.40. The molecule has 1 aliphatic heterocycles. The normalized spacial score (nSPS) is 19.0. The van der Waals surface area contributed by atoms with E-state index < -0.39 is 0 Å². The summed E-state index contributed by atoms with van der Waals surface area (Å²) >= 11 is 0. The third-order valence-electron chi connectivity index (χ3n) is 5.53. The van der Waals surface area contributed by atoms with E-state index in [1.807, 2.05) is 12.1 Å². The summed E-state index contributed by atoms with van der Waals surface area (Å²) in [5, 5.41) is 11.8. The van der Waals surface area contributed by atoms with Gasteiger partial charge in [-0.2, -0.15) is 10.1 Å². The first-order valence-corrected chi connectivity index (χ1v) is 10.0. The van der Waals surface area contributed by atoms with E-state index in [2.05, 4.69) is 30.3 Å². The predicted octanol–water partition coefficient (Wildman–Crippen LogP) is 3.47. The van der Waals surface area contributed by atoms with Crippen molar-refractivity contribution in [1.29, 1.82) is 0 Å². The highest BCUT2D eigenvalue weighted by Crippen LogP contribution is 2.23. The zero-order valence-electron chi connectivity index (χ0n) is 15.6. The molecule has 0 atom stereocenters. The molecule has 1 aromatic carbocycles. The number of halogens is 1. The minimum Gasteiger partial charge on any atom is -0.366 e. The summed E-state index contributed by atoms with van der Waals surface area (Å²) in [4.78, 5) is 8.97. The lowest BCUT2D eigenvalue weighted by Crippen LogP contribution is -2.47. The summed E-state index contributed by atoms with van der Waals surface area (Å²) in [5.74, 6) is 1.30. The highest BCUT2D eigenvalue weighted by Gasteiger charge is 2.21. The van der Waals surface area contributed by atoms with Crippen LogP contribution in [0.2, 0.25) is 0 Å². The summed E-state index contributed by atoms with van der Waals surface area (Å²) in [6.07, 6.45) is 9.25. The molecule has 7 heteroatoms. The number of hydrogen-bond donors (Lipinski definition) is 1. The minimum atomic E-state index is -0.162. The Morgan fingerprint density at radius 2 is 1.63 bits per heavy atom. The fourth-order valence-electron chi connectivity index (χ4n) is 4.00. The van der Waals surface area contributed by atoms with E-state index in [-0.39, 0.29) is 5.82 Å². The Kier molecular flexibility index (Phi) is 5.65. The Morgan fingerprint density at radius 1 is 0.926 bits per heavy atom. The molecular formula is C20H27FN6. The monoisotopic (exact) mass is 370 g/mol. The lowest BCUT2D eigenvalue weighted by atomic mass is 10.1. The van der Waals surface area contributed by atoms with E-state index in [4.69, 9.17) is 0 Å². The van der Waals surface area contributed by atoms with Gasteiger partial charge in [-0.1, -0.05) is 37.8 Å². The summed E-state index contributed by atoms with van der Waals surface area (Å²) < 4.78 is 14.0. The molecular weight excluding hydrogens is 343 g/mol. The molecule has 2 fully saturated rings. The molecule has 4 rings (SSSR count). The van der Waals surface area contributed by atoms with Crippen molar-refractivity contribution in [2.24, 2.45) is 0 Å². The van der Waals surface area contributed by atoms with Gasteiger partial charge in [-0.25, -0.2) is 4.39 Å². The molecule has 2 aromatic rings. The van der Waals surface area contributed by atoms with E-state index in [0.29, 0.717) is 17.7 Å². The molecule has 1 saturated heterocycles. The molecule has 2 heterocycles. The van der Waals surface area contributed by atoms with Crippen LogP contribution in [-0.4, -0.2) is 47.4 Å². The first-order chi connectivity index (χ1) is 13.3. The fraction of sp³-hybridized carbons (Fsp3) is 0.550. The minimum absolute atomic E-state index is 0.162. The summed E-state index contributed by atoms with van der Waals surface area (Å²) in [6.45, 7) is 3.10. The van der Waals surface area contributed by atoms with Gasteiger partial charge in [-0.05, 0) is 25.0 Å². The number of aromatic nitrogens is 3. The van der Waals surface area contributed by atoms with Crippen molar-refractivity contribution in [1.82, 2.24) is 15.2 Å². The van der Waals surface area contributed by atoms with E-state index in [1.54, 1.807) is 12.3 Å². The van der Waals surface area contributed by atoms with Crippen molar-refractivity contribution < 1.29 is 4.39 Å². The molecule has 1 saturated carbocycles. The van der Waals surface area contributed by atoms with Crippen LogP contribution >= 0.6 is 0 Å². The molecule has 0 spiro atoms. The van der Waals surface area contributed by atoms with Gasteiger partial charge in [0, 0.05) is 32.2 Å². The van der Waals surface area contributed by atoms with Crippen LogP contribution in [0.15, 0.2) is 30.5 Å². The number of rotatable bonds is 4. The van der Waals surface area contributed by atoms with Crippen LogP contribution in [0.1, 0.15) is 38.5 Å². The topological polar surface area (TPSA) is 57.2 Å².